The van der Waals surface area contributed by atoms with Gasteiger partial charge in [0.15, 0.2) is 5.82 Å². The molecule has 0 saturated heterocycles. The molecule has 5 rings (SSSR count). The summed E-state index contributed by atoms with van der Waals surface area (Å²) in [6, 6.07) is 6.42. The van der Waals surface area contributed by atoms with Crippen LogP contribution in [-0.2, 0) is 11.3 Å². The zero-order valence-corrected chi connectivity index (χ0v) is 20.5. The van der Waals surface area contributed by atoms with Crippen LogP contribution in [0.25, 0.3) is 0 Å². The Bertz CT molecular complexity index is 1120. The van der Waals surface area contributed by atoms with Crippen LogP contribution >= 0.6 is 11.6 Å². The lowest BCUT2D eigenvalue weighted by Crippen LogP contribution is -2.46. The quantitative estimate of drug-likeness (QED) is 0.517. The maximum Gasteiger partial charge on any atom is 0.229 e. The molecule has 1 aromatic heterocycles. The summed E-state index contributed by atoms with van der Waals surface area (Å²) >= 11 is 6.45. The van der Waals surface area contributed by atoms with Gasteiger partial charge < -0.3 is 21.3 Å². The Morgan fingerprint density at radius 1 is 1.29 bits per heavy atom. The molecule has 3 aliphatic rings. The molecule has 1 aromatic carbocycles. The first-order valence-corrected chi connectivity index (χ1v) is 12.4. The van der Waals surface area contributed by atoms with Gasteiger partial charge in [0.2, 0.25) is 11.9 Å². The highest BCUT2D eigenvalue weighted by Gasteiger charge is 2.51. The Hall–Kier alpha value is -2.84. The number of allylic oxidation sites excluding steroid dienone is 1. The van der Waals surface area contributed by atoms with Gasteiger partial charge in [-0.05, 0) is 49.9 Å². The van der Waals surface area contributed by atoms with Gasteiger partial charge in [0.1, 0.15) is 5.02 Å². The summed E-state index contributed by atoms with van der Waals surface area (Å²) in [4.78, 5) is 26.0. The van der Waals surface area contributed by atoms with E-state index in [0.29, 0.717) is 22.7 Å². The number of hydrogen-bond donors (Lipinski definition) is 3. The van der Waals surface area contributed by atoms with Crippen LogP contribution in [0.3, 0.4) is 0 Å². The Morgan fingerprint density at radius 3 is 2.88 bits per heavy atom. The number of carbonyl (C=O) groups excluding carboxylic acids is 1. The Balaban J connectivity index is 1.39. The maximum atomic E-state index is 12.1. The second-order valence-corrected chi connectivity index (χ2v) is 9.89. The third-order valence-electron chi connectivity index (χ3n) is 7.46. The fourth-order valence-electron chi connectivity index (χ4n) is 5.60. The number of primary amides is 1. The first-order chi connectivity index (χ1) is 16.4. The average Bonchev–Trinajstić information content (AvgIpc) is 3.34. The lowest BCUT2D eigenvalue weighted by molar-refractivity contribution is -0.122. The molecule has 4 N–H and O–H groups in total. The van der Waals surface area contributed by atoms with Gasteiger partial charge in [-0.3, -0.25) is 9.69 Å². The largest absolute Gasteiger partial charge is 0.370 e. The molecule has 8 nitrogen and oxygen atoms in total. The molecule has 2 bridgehead atoms. The number of nitrogens with one attached hydrogen (secondary N) is 2. The van der Waals surface area contributed by atoms with Crippen molar-refractivity contribution in [1.29, 1.82) is 0 Å². The minimum atomic E-state index is -0.539. The van der Waals surface area contributed by atoms with Crippen molar-refractivity contribution in [2.24, 2.45) is 17.6 Å². The third-order valence-corrected chi connectivity index (χ3v) is 7.73. The van der Waals surface area contributed by atoms with Crippen molar-refractivity contribution in [2.45, 2.75) is 38.8 Å². The van der Waals surface area contributed by atoms with Crippen molar-refractivity contribution < 1.29 is 4.79 Å². The van der Waals surface area contributed by atoms with Crippen molar-refractivity contribution in [3.05, 3.63) is 47.1 Å². The van der Waals surface area contributed by atoms with E-state index in [-0.39, 0.29) is 11.8 Å². The number of nitrogens with two attached hydrogens (primary N) is 1. The number of hydrogen-bond acceptors (Lipinski definition) is 7. The first-order valence-electron chi connectivity index (χ1n) is 12.1. The van der Waals surface area contributed by atoms with E-state index in [1.807, 2.05) is 6.08 Å². The van der Waals surface area contributed by atoms with Gasteiger partial charge in [-0.25, -0.2) is 4.98 Å². The summed E-state index contributed by atoms with van der Waals surface area (Å²) in [6.45, 7) is 9.40. The van der Waals surface area contributed by atoms with Crippen molar-refractivity contribution in [1.82, 2.24) is 14.9 Å². The van der Waals surface area contributed by atoms with E-state index in [0.717, 1.165) is 51.3 Å². The SMILES string of the molecule is CCN1CCN(CC)c2cc(Nc3ncc(Cl)c(NC45C=CC(CC4C(N)=O)C5)n3)ccc2C1. The average molecular weight is 482 g/mol. The molecule has 2 aliphatic carbocycles. The molecule has 34 heavy (non-hydrogen) atoms. The lowest BCUT2D eigenvalue weighted by atomic mass is 9.85. The van der Waals surface area contributed by atoms with Gasteiger partial charge >= 0.3 is 0 Å². The molecule has 1 amide bonds. The van der Waals surface area contributed by atoms with E-state index in [2.05, 4.69) is 68.5 Å². The summed E-state index contributed by atoms with van der Waals surface area (Å²) in [5, 5.41) is 7.18. The molecule has 180 valence electrons. The summed E-state index contributed by atoms with van der Waals surface area (Å²) in [5.41, 5.74) is 8.65. The number of halogens is 1. The van der Waals surface area contributed by atoms with Crippen LogP contribution in [-0.4, -0.2) is 52.5 Å². The maximum absolute atomic E-state index is 12.1. The Labute approximate surface area is 205 Å². The van der Waals surface area contributed by atoms with Gasteiger partial charge in [0.05, 0.1) is 17.7 Å². The molecule has 3 unspecified atom stereocenters. The standard InChI is InChI=1S/C25H32ClN7O/c1-3-32-9-10-33(4-2)21-12-18(6-5-17(21)15-32)29-24-28-14-20(26)23(30-24)31-25-8-7-16(13-25)11-19(25)22(27)34/h5-8,12,14,16,19H,3-4,9-11,13,15H2,1-2H3,(H2,27,34)(H2,28,29,30,31). The van der Waals surface area contributed by atoms with Gasteiger partial charge in [-0.15, -0.1) is 0 Å². The highest BCUT2D eigenvalue weighted by atomic mass is 35.5. The van der Waals surface area contributed by atoms with Gasteiger partial charge in [0.25, 0.3) is 0 Å². The monoisotopic (exact) mass is 481 g/mol. The van der Waals surface area contributed by atoms with Crippen LogP contribution < -0.4 is 21.3 Å². The molecular formula is C25H32ClN7O. The number of rotatable bonds is 7. The lowest BCUT2D eigenvalue weighted by Gasteiger charge is -2.32. The predicted octanol–water partition coefficient (Wildman–Crippen LogP) is 3.77. The topological polar surface area (TPSA) is 99.4 Å². The van der Waals surface area contributed by atoms with Crippen molar-refractivity contribution in [2.75, 3.05) is 41.7 Å². The highest BCUT2D eigenvalue weighted by Crippen LogP contribution is 2.48. The molecule has 2 heterocycles. The van der Waals surface area contributed by atoms with Crippen LogP contribution in [0.5, 0.6) is 0 Å². The van der Waals surface area contributed by atoms with Gasteiger partial charge in [-0.1, -0.05) is 36.7 Å². The molecule has 0 spiro atoms. The molecule has 2 aromatic rings. The van der Waals surface area contributed by atoms with Crippen LogP contribution in [0.4, 0.5) is 23.1 Å². The smallest absolute Gasteiger partial charge is 0.229 e. The number of amides is 1. The van der Waals surface area contributed by atoms with Crippen molar-refractivity contribution in [3.8, 4) is 0 Å². The number of carbonyl (C=O) groups is 1. The van der Waals surface area contributed by atoms with Crippen LogP contribution in [0.1, 0.15) is 32.3 Å². The highest BCUT2D eigenvalue weighted by molar-refractivity contribution is 6.32. The number of benzene rings is 1. The van der Waals surface area contributed by atoms with E-state index in [1.165, 1.54) is 11.3 Å². The normalized spacial score (nSPS) is 25.8. The molecule has 1 aliphatic heterocycles. The summed E-state index contributed by atoms with van der Waals surface area (Å²) in [7, 11) is 0. The van der Waals surface area contributed by atoms with Gasteiger partial charge in [0, 0.05) is 37.6 Å². The Morgan fingerprint density at radius 2 is 2.15 bits per heavy atom. The van der Waals surface area contributed by atoms with E-state index in [9.17, 15) is 4.79 Å². The zero-order chi connectivity index (χ0) is 23.9. The van der Waals surface area contributed by atoms with E-state index in [1.54, 1.807) is 6.20 Å². The Kier molecular flexibility index (Phi) is 6.12. The molecule has 1 saturated carbocycles. The third kappa shape index (κ3) is 4.20. The summed E-state index contributed by atoms with van der Waals surface area (Å²) in [6.07, 6.45) is 7.35. The van der Waals surface area contributed by atoms with Crippen LogP contribution in [0.2, 0.25) is 5.02 Å². The first kappa shape index (κ1) is 22.9. The van der Waals surface area contributed by atoms with Crippen molar-refractivity contribution in [3.63, 3.8) is 0 Å². The molecule has 9 heteroatoms. The zero-order valence-electron chi connectivity index (χ0n) is 19.7. The number of likely N-dealkylation sites (N-methyl/N-ethyl adjacent to an activating group) is 2. The van der Waals surface area contributed by atoms with Crippen molar-refractivity contribution >= 4 is 40.6 Å². The molecular weight excluding hydrogens is 450 g/mol. The minimum Gasteiger partial charge on any atom is -0.370 e. The number of fused-ring (bicyclic) bond motifs is 3. The fraction of sp³-hybridized carbons (Fsp3) is 0.480. The number of aromatic nitrogens is 2. The number of nitrogens with zero attached hydrogens (tertiary/aromatic N) is 4. The second kappa shape index (κ2) is 9.07. The van der Waals surface area contributed by atoms with E-state index in [4.69, 9.17) is 17.3 Å². The van der Waals surface area contributed by atoms with E-state index < -0.39 is 5.54 Å². The van der Waals surface area contributed by atoms with E-state index >= 15 is 0 Å². The fourth-order valence-corrected chi connectivity index (χ4v) is 5.73. The molecule has 0 radical (unpaired) electrons. The predicted molar refractivity (Wildman–Crippen MR) is 137 cm³/mol. The van der Waals surface area contributed by atoms with Crippen LogP contribution in [0, 0.1) is 11.8 Å². The minimum absolute atomic E-state index is 0.280. The summed E-state index contributed by atoms with van der Waals surface area (Å²) in [5.74, 6) is 0.725. The summed E-state index contributed by atoms with van der Waals surface area (Å²) < 4.78 is 0. The molecule has 1 fully saturated rings. The van der Waals surface area contributed by atoms with Crippen LogP contribution in [0.15, 0.2) is 36.5 Å². The van der Waals surface area contributed by atoms with Gasteiger partial charge in [-0.2, -0.15) is 4.98 Å². The second-order valence-electron chi connectivity index (χ2n) is 9.49. The molecule has 3 atom stereocenters. The number of anilines is 4.